The third-order valence-electron chi connectivity index (χ3n) is 4.43. The Labute approximate surface area is 135 Å². The first kappa shape index (κ1) is 14.1. The first-order valence-corrected chi connectivity index (χ1v) is 7.98. The van der Waals surface area contributed by atoms with Crippen LogP contribution in [0.15, 0.2) is 36.8 Å². The van der Waals surface area contributed by atoms with E-state index in [-0.39, 0.29) is 0 Å². The van der Waals surface area contributed by atoms with Crippen LogP contribution in [0.1, 0.15) is 18.4 Å². The van der Waals surface area contributed by atoms with Crippen LogP contribution in [-0.4, -0.2) is 38.9 Å². The van der Waals surface area contributed by atoms with E-state index >= 15 is 0 Å². The van der Waals surface area contributed by atoms with Crippen LogP contribution in [0.5, 0.6) is 0 Å². The first-order chi connectivity index (χ1) is 11.2. The number of nitrogens with zero attached hydrogens (tertiary/aromatic N) is 5. The highest BCUT2D eigenvalue weighted by Gasteiger charge is 2.21. The van der Waals surface area contributed by atoms with E-state index in [1.54, 1.807) is 6.33 Å². The van der Waals surface area contributed by atoms with Gasteiger partial charge in [-0.15, -0.1) is 0 Å². The van der Waals surface area contributed by atoms with E-state index < -0.39 is 0 Å². The van der Waals surface area contributed by atoms with Gasteiger partial charge in [0.1, 0.15) is 12.1 Å². The molecule has 1 aliphatic heterocycles. The minimum absolute atomic E-state index is 0.304. The van der Waals surface area contributed by atoms with Crippen LogP contribution in [0.25, 0.3) is 16.7 Å². The summed E-state index contributed by atoms with van der Waals surface area (Å²) in [6.45, 7) is 3.94. The Morgan fingerprint density at radius 1 is 1.17 bits per heavy atom. The Bertz CT molecular complexity index is 832. The Hall–Kier alpha value is -2.47. The quantitative estimate of drug-likeness (QED) is 0.784. The molecule has 6 heteroatoms. The molecule has 0 amide bonds. The number of nitrogens with two attached hydrogens (primary N) is 1. The molecule has 2 aromatic heterocycles. The number of aryl methyl sites for hydroxylation is 1. The summed E-state index contributed by atoms with van der Waals surface area (Å²) in [5.74, 6) is 0.959. The zero-order valence-electron chi connectivity index (χ0n) is 13.2. The van der Waals surface area contributed by atoms with Gasteiger partial charge >= 0.3 is 0 Å². The van der Waals surface area contributed by atoms with Gasteiger partial charge < -0.3 is 10.6 Å². The van der Waals surface area contributed by atoms with Crippen molar-refractivity contribution >= 4 is 16.9 Å². The van der Waals surface area contributed by atoms with Crippen molar-refractivity contribution in [2.24, 2.45) is 5.73 Å². The third-order valence-corrected chi connectivity index (χ3v) is 4.43. The average Bonchev–Trinajstić information content (AvgIpc) is 3.00. The zero-order chi connectivity index (χ0) is 15.8. The van der Waals surface area contributed by atoms with Crippen LogP contribution in [0.2, 0.25) is 0 Å². The molecule has 0 spiro atoms. The van der Waals surface area contributed by atoms with E-state index in [1.807, 2.05) is 23.0 Å². The molecule has 0 atom stereocenters. The highest BCUT2D eigenvalue weighted by Crippen LogP contribution is 2.26. The van der Waals surface area contributed by atoms with Crippen molar-refractivity contribution in [1.29, 1.82) is 0 Å². The fourth-order valence-corrected chi connectivity index (χ4v) is 3.14. The highest BCUT2D eigenvalue weighted by atomic mass is 15.3. The second-order valence-electron chi connectivity index (χ2n) is 6.15. The second kappa shape index (κ2) is 5.62. The molecule has 1 aromatic carbocycles. The molecule has 1 aliphatic rings. The maximum absolute atomic E-state index is 6.01. The molecule has 2 N–H and O–H groups in total. The number of hydrogen-bond acceptors (Lipinski definition) is 5. The largest absolute Gasteiger partial charge is 0.356 e. The molecular formula is C17H20N6. The monoisotopic (exact) mass is 308 g/mol. The summed E-state index contributed by atoms with van der Waals surface area (Å²) in [5, 5.41) is 5.53. The lowest BCUT2D eigenvalue weighted by Crippen LogP contribution is -2.40. The highest BCUT2D eigenvalue weighted by molar-refractivity contribution is 5.87. The van der Waals surface area contributed by atoms with Gasteiger partial charge in [-0.2, -0.15) is 5.10 Å². The van der Waals surface area contributed by atoms with E-state index in [4.69, 9.17) is 5.73 Å². The summed E-state index contributed by atoms with van der Waals surface area (Å²) in [4.78, 5) is 11.2. The molecule has 6 nitrogen and oxygen atoms in total. The van der Waals surface area contributed by atoms with Crippen molar-refractivity contribution < 1.29 is 0 Å². The van der Waals surface area contributed by atoms with Crippen molar-refractivity contribution in [2.45, 2.75) is 25.8 Å². The molecule has 0 aliphatic carbocycles. The summed E-state index contributed by atoms with van der Waals surface area (Å²) < 4.78 is 1.88. The molecule has 3 aromatic rings. The van der Waals surface area contributed by atoms with Crippen LogP contribution in [-0.2, 0) is 0 Å². The number of rotatable bonds is 2. The lowest BCUT2D eigenvalue weighted by molar-refractivity contribution is 0.499. The van der Waals surface area contributed by atoms with Gasteiger partial charge in [-0.1, -0.05) is 12.1 Å². The normalized spacial score (nSPS) is 16.2. The topological polar surface area (TPSA) is 72.9 Å². The Balaban J connectivity index is 1.78. The number of benzene rings is 1. The van der Waals surface area contributed by atoms with Crippen LogP contribution in [0.4, 0.5) is 5.82 Å². The van der Waals surface area contributed by atoms with Crippen LogP contribution >= 0.6 is 0 Å². The predicted molar refractivity (Wildman–Crippen MR) is 90.8 cm³/mol. The van der Waals surface area contributed by atoms with Crippen molar-refractivity contribution in [1.82, 2.24) is 19.7 Å². The minimum atomic E-state index is 0.304. The Morgan fingerprint density at radius 2 is 2.00 bits per heavy atom. The van der Waals surface area contributed by atoms with Gasteiger partial charge in [-0.3, -0.25) is 0 Å². The van der Waals surface area contributed by atoms with Gasteiger partial charge in [0.2, 0.25) is 0 Å². The van der Waals surface area contributed by atoms with Crippen molar-refractivity contribution in [2.75, 3.05) is 18.0 Å². The number of aromatic nitrogens is 4. The molecule has 0 saturated carbocycles. The molecule has 0 bridgehead atoms. The Morgan fingerprint density at radius 3 is 2.78 bits per heavy atom. The standard InChI is InChI=1S/C17H20N6/c1-12-3-2-4-14(9-12)23-17-15(10-21-23)16(19-11-20-17)22-7-5-13(18)6-8-22/h2-4,9-11,13H,5-8,18H2,1H3. The van der Waals surface area contributed by atoms with Crippen LogP contribution < -0.4 is 10.6 Å². The van der Waals surface area contributed by atoms with E-state index in [0.717, 1.165) is 48.5 Å². The van der Waals surface area contributed by atoms with Gasteiger partial charge in [-0.25, -0.2) is 14.6 Å². The lowest BCUT2D eigenvalue weighted by atomic mass is 10.1. The van der Waals surface area contributed by atoms with Crippen molar-refractivity contribution in [3.05, 3.63) is 42.4 Å². The van der Waals surface area contributed by atoms with Crippen LogP contribution in [0, 0.1) is 6.92 Å². The summed E-state index contributed by atoms with van der Waals surface area (Å²) in [6, 6.07) is 8.56. The third kappa shape index (κ3) is 2.55. The Kier molecular flexibility index (Phi) is 3.46. The summed E-state index contributed by atoms with van der Waals surface area (Å²) in [6.07, 6.45) is 5.48. The van der Waals surface area contributed by atoms with Gasteiger partial charge in [-0.05, 0) is 37.5 Å². The minimum Gasteiger partial charge on any atom is -0.356 e. The van der Waals surface area contributed by atoms with Gasteiger partial charge in [0.25, 0.3) is 0 Å². The summed E-state index contributed by atoms with van der Waals surface area (Å²) >= 11 is 0. The second-order valence-corrected chi connectivity index (χ2v) is 6.15. The average molecular weight is 308 g/mol. The zero-order valence-corrected chi connectivity index (χ0v) is 13.2. The predicted octanol–water partition coefficient (Wildman–Crippen LogP) is 2.05. The number of fused-ring (bicyclic) bond motifs is 1. The fourth-order valence-electron chi connectivity index (χ4n) is 3.14. The molecule has 118 valence electrons. The molecule has 1 fully saturated rings. The molecule has 3 heterocycles. The van der Waals surface area contributed by atoms with Gasteiger partial charge in [0.05, 0.1) is 17.3 Å². The maximum atomic E-state index is 6.01. The van der Waals surface area contributed by atoms with E-state index in [2.05, 4.69) is 39.0 Å². The number of piperidine rings is 1. The van der Waals surface area contributed by atoms with Crippen LogP contribution in [0.3, 0.4) is 0 Å². The van der Waals surface area contributed by atoms with Crippen molar-refractivity contribution in [3.63, 3.8) is 0 Å². The molecular weight excluding hydrogens is 288 g/mol. The summed E-state index contributed by atoms with van der Waals surface area (Å²) in [7, 11) is 0. The SMILES string of the molecule is Cc1cccc(-n2ncc3c(N4CCC(N)CC4)ncnc32)c1. The van der Waals surface area contributed by atoms with E-state index in [1.165, 1.54) is 5.56 Å². The van der Waals surface area contributed by atoms with E-state index in [9.17, 15) is 0 Å². The summed E-state index contributed by atoms with van der Waals surface area (Å²) in [5.41, 5.74) is 9.07. The number of hydrogen-bond donors (Lipinski definition) is 1. The smallest absolute Gasteiger partial charge is 0.168 e. The lowest BCUT2D eigenvalue weighted by Gasteiger charge is -2.31. The van der Waals surface area contributed by atoms with Gasteiger partial charge in [0.15, 0.2) is 5.65 Å². The van der Waals surface area contributed by atoms with Crippen molar-refractivity contribution in [3.8, 4) is 5.69 Å². The molecule has 23 heavy (non-hydrogen) atoms. The molecule has 4 rings (SSSR count). The van der Waals surface area contributed by atoms with Gasteiger partial charge in [0, 0.05) is 19.1 Å². The van der Waals surface area contributed by atoms with E-state index in [0.29, 0.717) is 6.04 Å². The molecule has 0 unspecified atom stereocenters. The number of anilines is 1. The molecule has 1 saturated heterocycles. The maximum Gasteiger partial charge on any atom is 0.168 e. The molecule has 0 radical (unpaired) electrons. The fraction of sp³-hybridized carbons (Fsp3) is 0.353. The first-order valence-electron chi connectivity index (χ1n) is 7.98.